The monoisotopic (exact) mass is 415 g/mol. The Labute approximate surface area is 168 Å². The molecule has 0 aliphatic carbocycles. The van der Waals surface area contributed by atoms with Crippen molar-refractivity contribution in [2.45, 2.75) is 11.4 Å². The molecule has 8 nitrogen and oxygen atoms in total. The number of aromatic nitrogens is 1. The zero-order chi connectivity index (χ0) is 21.0. The van der Waals surface area contributed by atoms with Gasteiger partial charge in [-0.3, -0.25) is 9.59 Å². The highest BCUT2D eigenvalue weighted by Crippen LogP contribution is 2.19. The van der Waals surface area contributed by atoms with Crippen molar-refractivity contribution in [3.05, 3.63) is 70.5 Å². The van der Waals surface area contributed by atoms with Gasteiger partial charge in [0.25, 0.3) is 0 Å². The second-order valence-electron chi connectivity index (χ2n) is 6.46. The van der Waals surface area contributed by atoms with Gasteiger partial charge in [0.15, 0.2) is 0 Å². The molecule has 0 saturated carbocycles. The molecule has 1 heterocycles. The first-order valence-corrected chi connectivity index (χ1v) is 10.2. The first-order valence-electron chi connectivity index (χ1n) is 8.78. The quantitative estimate of drug-likeness (QED) is 0.608. The molecule has 3 rings (SSSR count). The normalized spacial score (nSPS) is 11.6. The van der Waals surface area contributed by atoms with Gasteiger partial charge in [0.1, 0.15) is 5.75 Å². The summed E-state index contributed by atoms with van der Waals surface area (Å²) in [5.41, 5.74) is 1.14. The van der Waals surface area contributed by atoms with E-state index in [9.17, 15) is 18.0 Å². The van der Waals surface area contributed by atoms with Crippen molar-refractivity contribution in [3.8, 4) is 5.75 Å². The highest BCUT2D eigenvalue weighted by atomic mass is 32.2. The SMILES string of the molecule is COc1ccc(CNC(=O)CN(C)S(=O)(=O)c2ccc3[nH]c(=O)ccc3c2)cc1. The number of aromatic amines is 1. The summed E-state index contributed by atoms with van der Waals surface area (Å²) >= 11 is 0. The fourth-order valence-corrected chi connectivity index (χ4v) is 3.92. The van der Waals surface area contributed by atoms with Crippen molar-refractivity contribution in [1.29, 1.82) is 0 Å². The molecule has 2 aromatic carbocycles. The summed E-state index contributed by atoms with van der Waals surface area (Å²) in [6.07, 6.45) is 0. The van der Waals surface area contributed by atoms with E-state index in [1.54, 1.807) is 25.3 Å². The zero-order valence-electron chi connectivity index (χ0n) is 16.0. The number of carbonyl (C=O) groups is 1. The Morgan fingerprint density at radius 3 is 2.52 bits per heavy atom. The molecule has 0 spiro atoms. The van der Waals surface area contributed by atoms with Crippen molar-refractivity contribution in [2.24, 2.45) is 0 Å². The number of pyridine rings is 1. The smallest absolute Gasteiger partial charge is 0.248 e. The van der Waals surface area contributed by atoms with E-state index in [0.717, 1.165) is 9.87 Å². The minimum absolute atomic E-state index is 0.0440. The van der Waals surface area contributed by atoms with Gasteiger partial charge in [-0.2, -0.15) is 4.31 Å². The van der Waals surface area contributed by atoms with Crippen LogP contribution in [-0.4, -0.2) is 44.3 Å². The number of nitrogens with zero attached hydrogens (tertiary/aromatic N) is 1. The van der Waals surface area contributed by atoms with E-state index in [2.05, 4.69) is 10.3 Å². The summed E-state index contributed by atoms with van der Waals surface area (Å²) in [5, 5.41) is 3.29. The van der Waals surface area contributed by atoms with Gasteiger partial charge in [0.05, 0.1) is 18.6 Å². The Balaban J connectivity index is 1.66. The summed E-state index contributed by atoms with van der Waals surface area (Å²) in [4.78, 5) is 26.2. The molecule has 0 saturated heterocycles. The molecule has 1 amide bonds. The molecule has 0 aliphatic heterocycles. The van der Waals surface area contributed by atoms with Crippen LogP contribution in [0.5, 0.6) is 5.75 Å². The van der Waals surface area contributed by atoms with Crippen molar-refractivity contribution in [2.75, 3.05) is 20.7 Å². The van der Waals surface area contributed by atoms with Crippen LogP contribution < -0.4 is 15.6 Å². The molecular weight excluding hydrogens is 394 g/mol. The molecule has 2 N–H and O–H groups in total. The molecule has 1 aromatic heterocycles. The number of carbonyl (C=O) groups excluding carboxylic acids is 1. The highest BCUT2D eigenvalue weighted by molar-refractivity contribution is 7.89. The van der Waals surface area contributed by atoms with Crippen LogP contribution in [-0.2, 0) is 21.4 Å². The minimum Gasteiger partial charge on any atom is -0.497 e. The second kappa shape index (κ2) is 8.46. The van der Waals surface area contributed by atoms with E-state index in [4.69, 9.17) is 4.74 Å². The number of amides is 1. The van der Waals surface area contributed by atoms with Gasteiger partial charge in [-0.25, -0.2) is 8.42 Å². The number of ether oxygens (including phenoxy) is 1. The molecule has 3 aromatic rings. The number of hydrogen-bond acceptors (Lipinski definition) is 5. The maximum atomic E-state index is 12.8. The highest BCUT2D eigenvalue weighted by Gasteiger charge is 2.23. The molecule has 0 radical (unpaired) electrons. The average Bonchev–Trinajstić information content (AvgIpc) is 2.72. The third kappa shape index (κ3) is 4.82. The first-order chi connectivity index (χ1) is 13.8. The van der Waals surface area contributed by atoms with E-state index in [1.807, 2.05) is 12.1 Å². The predicted octanol–water partition coefficient (Wildman–Crippen LogP) is 1.47. The van der Waals surface area contributed by atoms with Crippen molar-refractivity contribution >= 4 is 26.8 Å². The fourth-order valence-electron chi connectivity index (χ4n) is 2.76. The van der Waals surface area contributed by atoms with E-state index < -0.39 is 15.9 Å². The summed E-state index contributed by atoms with van der Waals surface area (Å²) in [5.74, 6) is 0.294. The van der Waals surface area contributed by atoms with Crippen LogP contribution >= 0.6 is 0 Å². The molecular formula is C20H21N3O5S. The lowest BCUT2D eigenvalue weighted by molar-refractivity contribution is -0.121. The molecule has 0 aliphatic rings. The summed E-state index contributed by atoms with van der Waals surface area (Å²) in [7, 11) is -0.946. The molecule has 0 unspecified atom stereocenters. The number of fused-ring (bicyclic) bond motifs is 1. The number of H-pyrrole nitrogens is 1. The third-order valence-corrected chi connectivity index (χ3v) is 6.22. The Hall–Kier alpha value is -3.17. The number of methoxy groups -OCH3 is 1. The number of rotatable bonds is 7. The summed E-state index contributed by atoms with van der Waals surface area (Å²) in [6, 6.07) is 14.5. The van der Waals surface area contributed by atoms with Gasteiger partial charge >= 0.3 is 0 Å². The molecule has 29 heavy (non-hydrogen) atoms. The predicted molar refractivity (Wildman–Crippen MR) is 109 cm³/mol. The number of sulfonamides is 1. The van der Waals surface area contributed by atoms with E-state index in [0.29, 0.717) is 16.7 Å². The van der Waals surface area contributed by atoms with E-state index in [-0.39, 0.29) is 23.5 Å². The van der Waals surface area contributed by atoms with Gasteiger partial charge in [-0.05, 0) is 47.3 Å². The lowest BCUT2D eigenvalue weighted by Crippen LogP contribution is -2.38. The second-order valence-corrected chi connectivity index (χ2v) is 8.50. The zero-order valence-corrected chi connectivity index (χ0v) is 16.8. The fraction of sp³-hybridized carbons (Fsp3) is 0.200. The number of benzene rings is 2. The van der Waals surface area contributed by atoms with Gasteiger partial charge in [-0.1, -0.05) is 12.1 Å². The van der Waals surface area contributed by atoms with E-state index in [1.165, 1.54) is 31.3 Å². The van der Waals surface area contributed by atoms with Gasteiger partial charge in [0.2, 0.25) is 21.5 Å². The Morgan fingerprint density at radius 2 is 1.83 bits per heavy atom. The summed E-state index contributed by atoms with van der Waals surface area (Å²) < 4.78 is 31.6. The number of hydrogen-bond donors (Lipinski definition) is 2. The van der Waals surface area contributed by atoms with Gasteiger partial charge < -0.3 is 15.0 Å². The Morgan fingerprint density at radius 1 is 1.10 bits per heavy atom. The number of nitrogens with one attached hydrogen (secondary N) is 2. The number of likely N-dealkylation sites (N-methyl/N-ethyl adjacent to an activating group) is 1. The first kappa shape index (κ1) is 20.6. The van der Waals surface area contributed by atoms with Crippen LogP contribution in [0.1, 0.15) is 5.56 Å². The summed E-state index contributed by atoms with van der Waals surface area (Å²) in [6.45, 7) is -0.0395. The largest absolute Gasteiger partial charge is 0.497 e. The lowest BCUT2D eigenvalue weighted by atomic mass is 10.2. The third-order valence-electron chi connectivity index (χ3n) is 4.42. The van der Waals surface area contributed by atoms with Crippen LogP contribution in [0.15, 0.2) is 64.3 Å². The molecule has 9 heteroatoms. The molecule has 0 bridgehead atoms. The van der Waals surface area contributed by atoms with E-state index >= 15 is 0 Å². The Bertz CT molecular complexity index is 1190. The van der Waals surface area contributed by atoms with Gasteiger partial charge in [0, 0.05) is 25.2 Å². The Kier molecular flexibility index (Phi) is 6.00. The van der Waals surface area contributed by atoms with Crippen molar-refractivity contribution < 1.29 is 17.9 Å². The minimum atomic E-state index is -3.86. The maximum absolute atomic E-state index is 12.8. The molecule has 0 atom stereocenters. The standard InChI is InChI=1S/C20H21N3O5S/c1-23(13-20(25)21-12-14-3-6-16(28-2)7-4-14)29(26,27)17-8-9-18-15(11-17)5-10-19(24)22-18/h3-11H,12-13H2,1-2H3,(H,21,25)(H,22,24). The van der Waals surface area contributed by atoms with Crippen molar-refractivity contribution in [3.63, 3.8) is 0 Å². The van der Waals surface area contributed by atoms with Crippen LogP contribution in [0.2, 0.25) is 0 Å². The maximum Gasteiger partial charge on any atom is 0.248 e. The van der Waals surface area contributed by atoms with Crippen LogP contribution in [0.3, 0.4) is 0 Å². The molecule has 0 fully saturated rings. The molecule has 152 valence electrons. The topological polar surface area (TPSA) is 109 Å². The van der Waals surface area contributed by atoms with Crippen molar-refractivity contribution in [1.82, 2.24) is 14.6 Å². The lowest BCUT2D eigenvalue weighted by Gasteiger charge is -2.17. The average molecular weight is 415 g/mol. The van der Waals surface area contributed by atoms with Crippen LogP contribution in [0.4, 0.5) is 0 Å². The van der Waals surface area contributed by atoms with Crippen LogP contribution in [0, 0.1) is 0 Å². The van der Waals surface area contributed by atoms with Crippen LogP contribution in [0.25, 0.3) is 10.9 Å². The van der Waals surface area contributed by atoms with Gasteiger partial charge in [-0.15, -0.1) is 0 Å².